The lowest BCUT2D eigenvalue weighted by atomic mass is 10.1. The number of unbranched alkanes of at least 4 members (excludes halogenated alkanes) is 1. The monoisotopic (exact) mass is 178 g/mol. The lowest BCUT2D eigenvalue weighted by Gasteiger charge is -2.26. The van der Waals surface area contributed by atoms with Crippen LogP contribution in [0.2, 0.25) is 0 Å². The van der Waals surface area contributed by atoms with Crippen LogP contribution in [0.25, 0.3) is 0 Å². The Labute approximate surface area is 80.3 Å². The van der Waals surface area contributed by atoms with Crippen LogP contribution in [0, 0.1) is 12.3 Å². The molecule has 1 amide bonds. The highest BCUT2D eigenvalue weighted by atomic mass is 16.2. The van der Waals surface area contributed by atoms with Crippen molar-refractivity contribution in [3.63, 3.8) is 0 Å². The lowest BCUT2D eigenvalue weighted by molar-refractivity contribution is -0.132. The molecule has 0 unspecified atom stereocenters. The van der Waals surface area contributed by atoms with Gasteiger partial charge in [-0.25, -0.2) is 0 Å². The molecule has 2 nitrogen and oxygen atoms in total. The summed E-state index contributed by atoms with van der Waals surface area (Å²) in [4.78, 5) is 13.5. The molecule has 0 atom stereocenters. The molecule has 1 heterocycles. The first-order valence-electron chi connectivity index (χ1n) is 5.02. The van der Waals surface area contributed by atoms with Gasteiger partial charge in [-0.1, -0.05) is 5.92 Å². The van der Waals surface area contributed by atoms with E-state index >= 15 is 0 Å². The Kier molecular flexibility index (Phi) is 4.39. The van der Waals surface area contributed by atoms with Crippen molar-refractivity contribution in [1.82, 2.24) is 4.90 Å². The number of piperidine rings is 1. The second-order valence-corrected chi connectivity index (χ2v) is 3.47. The molecule has 1 aliphatic rings. The van der Waals surface area contributed by atoms with Crippen LogP contribution in [0.3, 0.4) is 0 Å². The first kappa shape index (κ1) is 10.1. The number of carbonyl (C=O) groups is 1. The zero-order chi connectivity index (χ0) is 9.52. The fourth-order valence-corrected chi connectivity index (χ4v) is 1.63. The maximum absolute atomic E-state index is 11.5. The van der Waals surface area contributed by atoms with E-state index in [4.69, 9.17) is 6.42 Å². The maximum atomic E-state index is 11.5. The Morgan fingerprint density at radius 1 is 1.31 bits per heavy atom. The largest absolute Gasteiger partial charge is 0.343 e. The Hall–Kier alpha value is -0.970. The number of hydrogen-bond acceptors (Lipinski definition) is 1. The van der Waals surface area contributed by atoms with E-state index in [-0.39, 0.29) is 5.91 Å². The minimum absolute atomic E-state index is 0.259. The van der Waals surface area contributed by atoms with Crippen molar-refractivity contribution in [1.29, 1.82) is 0 Å². The van der Waals surface area contributed by atoms with Gasteiger partial charge in [-0.05, 0) is 32.1 Å². The average Bonchev–Trinajstić information content (AvgIpc) is 2.19. The lowest BCUT2D eigenvalue weighted by Crippen LogP contribution is -2.35. The molecule has 0 bridgehead atoms. The summed E-state index contributed by atoms with van der Waals surface area (Å²) in [5.74, 6) is 2.56. The maximum Gasteiger partial charge on any atom is 0.222 e. The van der Waals surface area contributed by atoms with Crippen LogP contribution >= 0.6 is 0 Å². The molecule has 0 spiro atoms. The van der Waals surface area contributed by atoms with E-state index in [2.05, 4.69) is 5.92 Å². The molecule has 1 rings (SSSR count). The number of amides is 1. The summed E-state index contributed by atoms with van der Waals surface area (Å²) in [6.45, 7) is 1.88. The Morgan fingerprint density at radius 3 is 2.62 bits per heavy atom. The second-order valence-electron chi connectivity index (χ2n) is 3.47. The van der Waals surface area contributed by atoms with Crippen LogP contribution in [-0.2, 0) is 4.79 Å². The SMILES string of the molecule is [C]#CCCCC(=O)N1CCCCC1. The summed E-state index contributed by atoms with van der Waals surface area (Å²) >= 11 is 0. The number of nitrogens with zero attached hydrogens (tertiary/aromatic N) is 1. The molecule has 0 aromatic carbocycles. The van der Waals surface area contributed by atoms with Crippen LogP contribution in [-0.4, -0.2) is 23.9 Å². The predicted octanol–water partition coefficient (Wildman–Crippen LogP) is 1.76. The molecule has 0 saturated carbocycles. The third-order valence-electron chi connectivity index (χ3n) is 2.40. The summed E-state index contributed by atoms with van der Waals surface area (Å²) in [7, 11) is 0. The fraction of sp³-hybridized carbons (Fsp3) is 0.727. The third-order valence-corrected chi connectivity index (χ3v) is 2.40. The van der Waals surface area contributed by atoms with Crippen LogP contribution in [0.15, 0.2) is 0 Å². The molecular formula is C11H16NO. The van der Waals surface area contributed by atoms with E-state index in [0.29, 0.717) is 12.8 Å². The molecule has 1 aliphatic heterocycles. The Morgan fingerprint density at radius 2 is 2.00 bits per heavy atom. The van der Waals surface area contributed by atoms with E-state index in [0.717, 1.165) is 32.4 Å². The van der Waals surface area contributed by atoms with Crippen molar-refractivity contribution < 1.29 is 4.79 Å². The molecule has 2 heteroatoms. The highest BCUT2D eigenvalue weighted by Crippen LogP contribution is 2.10. The van der Waals surface area contributed by atoms with Gasteiger partial charge >= 0.3 is 0 Å². The molecule has 71 valence electrons. The molecule has 0 aromatic heterocycles. The van der Waals surface area contributed by atoms with Crippen LogP contribution in [0.5, 0.6) is 0 Å². The number of rotatable bonds is 3. The molecule has 1 fully saturated rings. The van der Waals surface area contributed by atoms with Crippen LogP contribution in [0.4, 0.5) is 0 Å². The number of carbonyl (C=O) groups excluding carboxylic acids is 1. The van der Waals surface area contributed by atoms with Crippen LogP contribution < -0.4 is 0 Å². The number of likely N-dealkylation sites (tertiary alicyclic amines) is 1. The highest BCUT2D eigenvalue weighted by molar-refractivity contribution is 5.76. The van der Waals surface area contributed by atoms with Gasteiger partial charge in [0.25, 0.3) is 0 Å². The van der Waals surface area contributed by atoms with Gasteiger partial charge in [0, 0.05) is 25.9 Å². The minimum Gasteiger partial charge on any atom is -0.343 e. The summed E-state index contributed by atoms with van der Waals surface area (Å²) < 4.78 is 0. The minimum atomic E-state index is 0.259. The summed E-state index contributed by atoms with van der Waals surface area (Å²) in [6.07, 6.45) is 12.3. The van der Waals surface area contributed by atoms with Gasteiger partial charge in [0.2, 0.25) is 5.91 Å². The fourth-order valence-electron chi connectivity index (χ4n) is 1.63. The van der Waals surface area contributed by atoms with Gasteiger partial charge in [-0.2, -0.15) is 0 Å². The van der Waals surface area contributed by atoms with Gasteiger partial charge in [-0.15, -0.1) is 0 Å². The smallest absolute Gasteiger partial charge is 0.222 e. The summed E-state index contributed by atoms with van der Waals surface area (Å²) in [5, 5.41) is 0. The van der Waals surface area contributed by atoms with E-state index in [1.54, 1.807) is 0 Å². The Bertz CT molecular complexity index is 199. The molecule has 13 heavy (non-hydrogen) atoms. The number of hydrogen-bond donors (Lipinski definition) is 0. The third kappa shape index (κ3) is 3.50. The van der Waals surface area contributed by atoms with E-state index in [9.17, 15) is 4.79 Å². The first-order chi connectivity index (χ1) is 6.34. The molecular weight excluding hydrogens is 162 g/mol. The molecule has 0 N–H and O–H groups in total. The molecule has 0 aliphatic carbocycles. The second kappa shape index (κ2) is 5.64. The predicted molar refractivity (Wildman–Crippen MR) is 51.4 cm³/mol. The van der Waals surface area contributed by atoms with E-state index < -0.39 is 0 Å². The van der Waals surface area contributed by atoms with Crippen molar-refractivity contribution in [2.24, 2.45) is 0 Å². The zero-order valence-corrected chi connectivity index (χ0v) is 8.01. The molecule has 1 saturated heterocycles. The van der Waals surface area contributed by atoms with Crippen molar-refractivity contribution >= 4 is 5.91 Å². The van der Waals surface area contributed by atoms with Crippen molar-refractivity contribution in [3.05, 3.63) is 6.42 Å². The van der Waals surface area contributed by atoms with Gasteiger partial charge in [0.15, 0.2) is 0 Å². The van der Waals surface area contributed by atoms with Gasteiger partial charge in [-0.3, -0.25) is 4.79 Å². The van der Waals surface area contributed by atoms with E-state index in [1.807, 2.05) is 4.90 Å². The van der Waals surface area contributed by atoms with E-state index in [1.165, 1.54) is 6.42 Å². The highest BCUT2D eigenvalue weighted by Gasteiger charge is 2.15. The van der Waals surface area contributed by atoms with Gasteiger partial charge < -0.3 is 4.90 Å². The normalized spacial score (nSPS) is 16.7. The molecule has 1 radical (unpaired) electrons. The average molecular weight is 178 g/mol. The standard InChI is InChI=1S/C11H16NO/c1-2-3-5-8-11(13)12-9-6-4-7-10-12/h3-10H2. The summed E-state index contributed by atoms with van der Waals surface area (Å²) in [6, 6.07) is 0. The van der Waals surface area contributed by atoms with Crippen LogP contribution in [0.1, 0.15) is 38.5 Å². The topological polar surface area (TPSA) is 20.3 Å². The molecule has 0 aromatic rings. The van der Waals surface area contributed by atoms with Crippen molar-refractivity contribution in [2.75, 3.05) is 13.1 Å². The Balaban J connectivity index is 2.18. The summed E-state index contributed by atoms with van der Waals surface area (Å²) in [5.41, 5.74) is 0. The first-order valence-corrected chi connectivity index (χ1v) is 5.02. The zero-order valence-electron chi connectivity index (χ0n) is 8.01. The quantitative estimate of drug-likeness (QED) is 0.476. The van der Waals surface area contributed by atoms with Crippen molar-refractivity contribution in [3.8, 4) is 5.92 Å². The van der Waals surface area contributed by atoms with Gasteiger partial charge in [0.1, 0.15) is 0 Å². The van der Waals surface area contributed by atoms with Crippen molar-refractivity contribution in [2.45, 2.75) is 38.5 Å². The van der Waals surface area contributed by atoms with Gasteiger partial charge in [0.05, 0.1) is 0 Å².